The lowest BCUT2D eigenvalue weighted by Crippen LogP contribution is -2.63. The number of benzene rings is 5. The molecular weight excluding hydrogens is 908 g/mol. The predicted molar refractivity (Wildman–Crippen MR) is 208 cm³/mol. The van der Waals surface area contributed by atoms with Gasteiger partial charge in [0.15, 0.2) is 87.0 Å². The molecular formula is C41H30O26. The van der Waals surface area contributed by atoms with Crippen LogP contribution in [0.4, 0.5) is 0 Å². The molecule has 2 bridgehead atoms. The van der Waals surface area contributed by atoms with E-state index in [2.05, 4.69) is 0 Å². The molecule has 0 radical (unpaired) electrons. The molecule has 26 heteroatoms. The van der Waals surface area contributed by atoms with Gasteiger partial charge in [0.25, 0.3) is 0 Å². The first-order chi connectivity index (χ1) is 31.5. The van der Waals surface area contributed by atoms with E-state index < -0.39 is 192 Å². The van der Waals surface area contributed by atoms with Gasteiger partial charge in [-0.2, -0.15) is 0 Å². The predicted octanol–water partition coefficient (Wildman–Crippen LogP) is 1.67. The van der Waals surface area contributed by atoms with Gasteiger partial charge in [-0.1, -0.05) is 0 Å². The maximum atomic E-state index is 14.6. The minimum atomic E-state index is -2.57. The third-order valence-electron chi connectivity index (χ3n) is 10.0. The Labute approximate surface area is 369 Å². The fourth-order valence-electron chi connectivity index (χ4n) is 6.77. The van der Waals surface area contributed by atoms with Crippen molar-refractivity contribution in [2.45, 2.75) is 30.7 Å². The fourth-order valence-corrected chi connectivity index (χ4v) is 6.77. The molecule has 2 heterocycles. The summed E-state index contributed by atoms with van der Waals surface area (Å²) in [7, 11) is 0. The molecule has 1 saturated heterocycles. The SMILES string of the molecule is O=C(O[C@H]1O[C@@H]2COC(=O)c3cc(O)c(O)c(O)c3-c3c(cc(O)c(O)c3O)C(=O)O[C@H]([C@H]1OC(=O)c1cc(O)c(O)c(O)c1)[C@@H]2OC(=O)c1cc(O)c(O)c(O)c1)c1cc(O)c(O)c(O)c1. The first kappa shape index (κ1) is 45.4. The Kier molecular flexibility index (Phi) is 11.4. The molecule has 0 amide bonds. The van der Waals surface area contributed by atoms with Crippen molar-refractivity contribution in [3.63, 3.8) is 0 Å². The summed E-state index contributed by atoms with van der Waals surface area (Å²) in [5.41, 5.74) is -6.78. The fraction of sp³-hybridized carbons (Fsp3) is 0.146. The van der Waals surface area contributed by atoms with Gasteiger partial charge < -0.3 is 105 Å². The highest BCUT2D eigenvalue weighted by atomic mass is 16.7. The Hall–Kier alpha value is -9.59. The zero-order chi connectivity index (χ0) is 49.1. The number of ether oxygens (including phenoxy) is 6. The van der Waals surface area contributed by atoms with E-state index in [9.17, 15) is 101 Å². The number of rotatable bonds is 6. The van der Waals surface area contributed by atoms with Crippen LogP contribution in [0.1, 0.15) is 51.8 Å². The molecule has 0 aromatic heterocycles. The summed E-state index contributed by atoms with van der Waals surface area (Å²) in [5.74, 6) is -26.7. The molecule has 2 aliphatic heterocycles. The first-order valence-corrected chi connectivity index (χ1v) is 18.5. The van der Waals surface area contributed by atoms with Gasteiger partial charge in [0.05, 0.1) is 27.8 Å². The third-order valence-corrected chi connectivity index (χ3v) is 10.0. The highest BCUT2D eigenvalue weighted by Crippen LogP contribution is 2.53. The van der Waals surface area contributed by atoms with E-state index >= 15 is 0 Å². The maximum absolute atomic E-state index is 14.6. The molecule has 0 saturated carbocycles. The lowest BCUT2D eigenvalue weighted by molar-refractivity contribution is -0.282. The molecule has 5 aromatic rings. The standard InChI is InChI=1S/C41H30O26/c42-15-1-10(2-16(43)26(15)50)36(57)64-33-23-9-62-39(60)13-7-21(48)29(53)31(55)24(13)25-14(8-22(49)30(54)32(25)56)40(61)65-34(33)35(66-37(58)11-3-17(44)27(51)18(45)4-11)41(63-23)67-38(59)12-5-19(46)28(52)20(47)6-12/h1-8,23,33-35,41-56H,9H2/t23-,33-,34+,35-,41-/m1/s1. The van der Waals surface area contributed by atoms with Crippen LogP contribution >= 0.6 is 0 Å². The molecule has 2 aliphatic rings. The molecule has 15 N–H and O–H groups in total. The first-order valence-electron chi connectivity index (χ1n) is 18.5. The van der Waals surface area contributed by atoms with Crippen molar-refractivity contribution in [2.24, 2.45) is 0 Å². The van der Waals surface area contributed by atoms with Gasteiger partial charge >= 0.3 is 29.8 Å². The minimum Gasteiger partial charge on any atom is -0.504 e. The normalized spacial score (nSPS) is 19.0. The quantitative estimate of drug-likeness (QED) is 0.0654. The van der Waals surface area contributed by atoms with Crippen LogP contribution in [-0.2, 0) is 28.4 Å². The van der Waals surface area contributed by atoms with E-state index in [4.69, 9.17) is 28.4 Å². The van der Waals surface area contributed by atoms with Gasteiger partial charge in [0.1, 0.15) is 12.7 Å². The number of cyclic esters (lactones) is 1. The van der Waals surface area contributed by atoms with E-state index in [0.717, 1.165) is 0 Å². The molecule has 0 aliphatic carbocycles. The highest BCUT2D eigenvalue weighted by molar-refractivity contribution is 6.08. The van der Waals surface area contributed by atoms with Crippen LogP contribution in [0.3, 0.4) is 0 Å². The number of hydrogen-bond donors (Lipinski definition) is 15. The van der Waals surface area contributed by atoms with Crippen LogP contribution in [0, 0.1) is 0 Å². The largest absolute Gasteiger partial charge is 0.504 e. The monoisotopic (exact) mass is 938 g/mol. The van der Waals surface area contributed by atoms with Crippen LogP contribution in [0.15, 0.2) is 48.5 Å². The zero-order valence-corrected chi connectivity index (χ0v) is 32.9. The van der Waals surface area contributed by atoms with Crippen LogP contribution in [0.25, 0.3) is 11.1 Å². The van der Waals surface area contributed by atoms with E-state index in [1.807, 2.05) is 0 Å². The molecule has 26 nitrogen and oxygen atoms in total. The van der Waals surface area contributed by atoms with Gasteiger partial charge in [-0.25, -0.2) is 24.0 Å². The van der Waals surface area contributed by atoms with Crippen molar-refractivity contribution >= 4 is 29.8 Å². The lowest BCUT2D eigenvalue weighted by Gasteiger charge is -2.44. The van der Waals surface area contributed by atoms with Crippen molar-refractivity contribution < 1.29 is 129 Å². The Bertz CT molecular complexity index is 2870. The van der Waals surface area contributed by atoms with Crippen molar-refractivity contribution in [1.82, 2.24) is 0 Å². The second-order valence-corrected chi connectivity index (χ2v) is 14.3. The summed E-state index contributed by atoms with van der Waals surface area (Å²) in [5, 5.41) is 155. The molecule has 0 unspecified atom stereocenters. The summed E-state index contributed by atoms with van der Waals surface area (Å²) in [6.07, 6.45) is -12.3. The van der Waals surface area contributed by atoms with Crippen LogP contribution in [0.5, 0.6) is 86.2 Å². The number of aromatic hydroxyl groups is 15. The second-order valence-electron chi connectivity index (χ2n) is 14.3. The molecule has 5 aromatic carbocycles. The van der Waals surface area contributed by atoms with Crippen molar-refractivity contribution in [1.29, 1.82) is 0 Å². The number of fused-ring (bicyclic) bond motifs is 5. The smallest absolute Gasteiger partial charge is 0.340 e. The van der Waals surface area contributed by atoms with Crippen molar-refractivity contribution in [2.75, 3.05) is 6.61 Å². The van der Waals surface area contributed by atoms with E-state index in [0.29, 0.717) is 48.5 Å². The number of esters is 5. The highest BCUT2D eigenvalue weighted by Gasteiger charge is 2.55. The Morgan fingerprint density at radius 1 is 0.433 bits per heavy atom. The van der Waals surface area contributed by atoms with Gasteiger partial charge in [-0.3, -0.25) is 0 Å². The van der Waals surface area contributed by atoms with Crippen molar-refractivity contribution in [3.8, 4) is 97.4 Å². The third kappa shape index (κ3) is 8.12. The number of carbonyl (C=O) groups excluding carboxylic acids is 5. The second kappa shape index (κ2) is 16.8. The van der Waals surface area contributed by atoms with Crippen LogP contribution in [0.2, 0.25) is 0 Å². The number of phenolic OH excluding ortho intramolecular Hbond substituents is 15. The van der Waals surface area contributed by atoms with E-state index in [-0.39, 0.29) is 0 Å². The van der Waals surface area contributed by atoms with Gasteiger partial charge in [-0.05, 0) is 48.5 Å². The Balaban J connectivity index is 1.46. The molecule has 0 spiro atoms. The molecule has 350 valence electrons. The average molecular weight is 939 g/mol. The Morgan fingerprint density at radius 2 is 0.776 bits per heavy atom. The molecule has 5 atom stereocenters. The summed E-state index contributed by atoms with van der Waals surface area (Å²) in [6, 6.07) is 4.12. The van der Waals surface area contributed by atoms with E-state index in [1.54, 1.807) is 0 Å². The minimum absolute atomic E-state index is 0.362. The Morgan fingerprint density at radius 3 is 1.18 bits per heavy atom. The number of phenols is 15. The summed E-state index contributed by atoms with van der Waals surface area (Å²) in [6.45, 7) is -1.28. The zero-order valence-electron chi connectivity index (χ0n) is 32.9. The number of carbonyl (C=O) groups is 5. The molecule has 67 heavy (non-hydrogen) atoms. The average Bonchev–Trinajstić information content (AvgIpc) is 3.27. The molecule has 7 rings (SSSR count). The van der Waals surface area contributed by atoms with Crippen LogP contribution in [-0.4, -0.2) is 144 Å². The van der Waals surface area contributed by atoms with E-state index in [1.165, 1.54) is 0 Å². The van der Waals surface area contributed by atoms with Gasteiger partial charge in [-0.15, -0.1) is 0 Å². The van der Waals surface area contributed by atoms with Crippen molar-refractivity contribution in [3.05, 3.63) is 76.3 Å². The van der Waals surface area contributed by atoms with Gasteiger partial charge in [0.2, 0.25) is 23.9 Å². The molecule has 1 fully saturated rings. The number of hydrogen-bond acceptors (Lipinski definition) is 26. The summed E-state index contributed by atoms with van der Waals surface area (Å²) >= 11 is 0. The summed E-state index contributed by atoms with van der Waals surface area (Å²) in [4.78, 5) is 69.9. The van der Waals surface area contributed by atoms with Gasteiger partial charge in [0, 0.05) is 11.1 Å². The maximum Gasteiger partial charge on any atom is 0.340 e. The van der Waals surface area contributed by atoms with Crippen LogP contribution < -0.4 is 0 Å². The lowest BCUT2D eigenvalue weighted by atomic mass is 9.91. The summed E-state index contributed by atoms with van der Waals surface area (Å²) < 4.78 is 33.5. The topological polar surface area (TPSA) is 444 Å².